The minimum Gasteiger partial charge on any atom is -0.351 e. The van der Waals surface area contributed by atoms with Crippen LogP contribution in [0.15, 0.2) is 17.8 Å². The second-order valence-corrected chi connectivity index (χ2v) is 5.49. The fourth-order valence-corrected chi connectivity index (χ4v) is 3.36. The molecule has 1 aliphatic heterocycles. The zero-order chi connectivity index (χ0) is 11.8. The third kappa shape index (κ3) is 1.70. The molecule has 17 heavy (non-hydrogen) atoms. The summed E-state index contributed by atoms with van der Waals surface area (Å²) in [6.45, 7) is 4.01. The summed E-state index contributed by atoms with van der Waals surface area (Å²) in [4.78, 5) is 12.2. The molecule has 2 atom stereocenters. The number of rotatable bonds is 2. The molecule has 2 unspecified atom stereocenters. The summed E-state index contributed by atoms with van der Waals surface area (Å²) in [7, 11) is 0. The van der Waals surface area contributed by atoms with Crippen molar-refractivity contribution >= 4 is 27.4 Å². The van der Waals surface area contributed by atoms with Gasteiger partial charge in [0.05, 0.1) is 5.39 Å². The van der Waals surface area contributed by atoms with Crippen molar-refractivity contribution in [1.82, 2.24) is 9.97 Å². The maximum absolute atomic E-state index is 5.89. The lowest BCUT2D eigenvalue weighted by Crippen LogP contribution is -2.38. The molecule has 4 nitrogen and oxygen atoms in total. The minimum absolute atomic E-state index is 0.410. The lowest BCUT2D eigenvalue weighted by Gasteiger charge is -2.27. The number of nitrogens with two attached hydrogens (primary N) is 1. The molecule has 0 aromatic carbocycles. The van der Waals surface area contributed by atoms with Gasteiger partial charge in [0, 0.05) is 19.1 Å². The summed E-state index contributed by atoms with van der Waals surface area (Å²) < 4.78 is 0. The average Bonchev–Trinajstić information content (AvgIpc) is 2.94. The summed E-state index contributed by atoms with van der Waals surface area (Å²) in [6, 6.07) is 2.51. The van der Waals surface area contributed by atoms with E-state index in [9.17, 15) is 0 Å². The summed E-state index contributed by atoms with van der Waals surface area (Å²) in [5.74, 6) is 1.69. The van der Waals surface area contributed by atoms with Crippen LogP contribution in [0.4, 0.5) is 5.82 Å². The van der Waals surface area contributed by atoms with Gasteiger partial charge >= 0.3 is 0 Å². The van der Waals surface area contributed by atoms with Crippen molar-refractivity contribution in [3.05, 3.63) is 17.8 Å². The minimum atomic E-state index is 0.410. The van der Waals surface area contributed by atoms with Crippen molar-refractivity contribution in [3.8, 4) is 0 Å². The molecule has 0 bridgehead atoms. The highest BCUT2D eigenvalue weighted by Crippen LogP contribution is 2.33. The first-order valence-corrected chi connectivity index (χ1v) is 6.84. The van der Waals surface area contributed by atoms with Gasteiger partial charge in [-0.2, -0.15) is 0 Å². The van der Waals surface area contributed by atoms with Gasteiger partial charge in [-0.1, -0.05) is 6.92 Å². The van der Waals surface area contributed by atoms with E-state index in [0.717, 1.165) is 22.6 Å². The molecule has 0 saturated carbocycles. The fraction of sp³-hybridized carbons (Fsp3) is 0.500. The van der Waals surface area contributed by atoms with Crippen LogP contribution in [0.3, 0.4) is 0 Å². The van der Waals surface area contributed by atoms with Gasteiger partial charge in [-0.25, -0.2) is 9.97 Å². The Morgan fingerprint density at radius 2 is 2.41 bits per heavy atom. The molecule has 2 aromatic rings. The van der Waals surface area contributed by atoms with E-state index in [2.05, 4.69) is 33.2 Å². The van der Waals surface area contributed by atoms with Gasteiger partial charge in [0.25, 0.3) is 0 Å². The fourth-order valence-electron chi connectivity index (χ4n) is 2.64. The lowest BCUT2D eigenvalue weighted by atomic mass is 10.0. The van der Waals surface area contributed by atoms with Crippen LogP contribution in [0.25, 0.3) is 10.2 Å². The van der Waals surface area contributed by atoms with Crippen molar-refractivity contribution in [2.75, 3.05) is 18.0 Å². The van der Waals surface area contributed by atoms with Crippen molar-refractivity contribution in [1.29, 1.82) is 0 Å². The molecule has 0 aliphatic carbocycles. The summed E-state index contributed by atoms with van der Waals surface area (Å²) in [5.41, 5.74) is 5.89. The molecular weight excluding hydrogens is 232 g/mol. The molecule has 90 valence electrons. The topological polar surface area (TPSA) is 55.0 Å². The highest BCUT2D eigenvalue weighted by molar-refractivity contribution is 7.16. The van der Waals surface area contributed by atoms with E-state index < -0.39 is 0 Å². The van der Waals surface area contributed by atoms with E-state index in [4.69, 9.17) is 5.73 Å². The van der Waals surface area contributed by atoms with Crippen LogP contribution in [0.5, 0.6) is 0 Å². The molecule has 0 amide bonds. The van der Waals surface area contributed by atoms with Crippen LogP contribution in [-0.2, 0) is 0 Å². The normalized spacial score (nSPS) is 24.7. The molecular formula is C12H16N4S. The van der Waals surface area contributed by atoms with Gasteiger partial charge < -0.3 is 10.6 Å². The van der Waals surface area contributed by atoms with E-state index >= 15 is 0 Å². The van der Waals surface area contributed by atoms with E-state index in [0.29, 0.717) is 18.5 Å². The highest BCUT2D eigenvalue weighted by atomic mass is 32.1. The maximum Gasteiger partial charge on any atom is 0.141 e. The Morgan fingerprint density at radius 3 is 3.24 bits per heavy atom. The molecule has 3 heterocycles. The number of hydrogen-bond donors (Lipinski definition) is 1. The van der Waals surface area contributed by atoms with Crippen molar-refractivity contribution in [2.45, 2.75) is 19.4 Å². The molecule has 1 saturated heterocycles. The molecule has 0 spiro atoms. The van der Waals surface area contributed by atoms with Crippen LogP contribution >= 0.6 is 11.3 Å². The van der Waals surface area contributed by atoms with E-state index in [1.54, 1.807) is 17.7 Å². The van der Waals surface area contributed by atoms with Crippen LogP contribution < -0.4 is 10.6 Å². The Hall–Kier alpha value is -1.20. The van der Waals surface area contributed by atoms with Gasteiger partial charge in [-0.05, 0) is 23.8 Å². The Balaban J connectivity index is 2.06. The molecule has 1 aliphatic rings. The van der Waals surface area contributed by atoms with Gasteiger partial charge in [-0.15, -0.1) is 11.3 Å². The average molecular weight is 248 g/mol. The Labute approximate surface area is 104 Å². The van der Waals surface area contributed by atoms with Crippen LogP contribution in [0.2, 0.25) is 0 Å². The maximum atomic E-state index is 5.89. The summed E-state index contributed by atoms with van der Waals surface area (Å²) in [6.07, 6.45) is 2.85. The first-order valence-electron chi connectivity index (χ1n) is 5.96. The number of nitrogens with zero attached hydrogens (tertiary/aromatic N) is 3. The van der Waals surface area contributed by atoms with E-state index in [-0.39, 0.29) is 0 Å². The number of fused-ring (bicyclic) bond motifs is 1. The van der Waals surface area contributed by atoms with E-state index in [1.807, 2.05) is 0 Å². The molecule has 2 N–H and O–H groups in total. The van der Waals surface area contributed by atoms with Crippen LogP contribution in [0, 0.1) is 5.92 Å². The second-order valence-electron chi connectivity index (χ2n) is 4.60. The highest BCUT2D eigenvalue weighted by Gasteiger charge is 2.31. The van der Waals surface area contributed by atoms with Crippen molar-refractivity contribution < 1.29 is 0 Å². The molecule has 3 rings (SSSR count). The number of thiophene rings is 1. The first kappa shape index (κ1) is 10.9. The zero-order valence-corrected chi connectivity index (χ0v) is 10.7. The lowest BCUT2D eigenvalue weighted by molar-refractivity contribution is 0.518. The Kier molecular flexibility index (Phi) is 2.72. The SMILES string of the molecule is CC1CCN(c2ncnc3sccc23)C1CN. The van der Waals surface area contributed by atoms with Crippen molar-refractivity contribution in [3.63, 3.8) is 0 Å². The number of anilines is 1. The Bertz CT molecular complexity index is 524. The smallest absolute Gasteiger partial charge is 0.141 e. The van der Waals surface area contributed by atoms with Crippen LogP contribution in [0.1, 0.15) is 13.3 Å². The van der Waals surface area contributed by atoms with E-state index in [1.165, 1.54) is 6.42 Å². The van der Waals surface area contributed by atoms with Gasteiger partial charge in [0.1, 0.15) is 17.0 Å². The zero-order valence-electron chi connectivity index (χ0n) is 9.84. The standard InChI is InChI=1S/C12H16N4S/c1-8-2-4-16(10(8)6-13)11-9-3-5-17-12(9)15-7-14-11/h3,5,7-8,10H,2,4,6,13H2,1H3. The largest absolute Gasteiger partial charge is 0.351 e. The Morgan fingerprint density at radius 1 is 1.53 bits per heavy atom. The quantitative estimate of drug-likeness (QED) is 0.881. The van der Waals surface area contributed by atoms with Gasteiger partial charge in [0.2, 0.25) is 0 Å². The third-order valence-corrected chi connectivity index (χ3v) is 4.46. The molecule has 5 heteroatoms. The molecule has 1 fully saturated rings. The predicted octanol–water partition coefficient (Wildman–Crippen LogP) is 1.86. The summed E-state index contributed by atoms with van der Waals surface area (Å²) in [5, 5.41) is 3.23. The van der Waals surface area contributed by atoms with Crippen molar-refractivity contribution in [2.24, 2.45) is 11.7 Å². The van der Waals surface area contributed by atoms with Crippen LogP contribution in [-0.4, -0.2) is 29.1 Å². The number of aromatic nitrogens is 2. The molecule has 2 aromatic heterocycles. The second kappa shape index (κ2) is 4.23. The predicted molar refractivity (Wildman–Crippen MR) is 71.4 cm³/mol. The summed E-state index contributed by atoms with van der Waals surface area (Å²) >= 11 is 1.66. The first-order chi connectivity index (χ1) is 8.31. The third-order valence-electron chi connectivity index (χ3n) is 3.64. The molecule has 0 radical (unpaired) electrons. The monoisotopic (exact) mass is 248 g/mol. The van der Waals surface area contributed by atoms with Gasteiger partial charge in [-0.3, -0.25) is 0 Å². The number of hydrogen-bond acceptors (Lipinski definition) is 5. The van der Waals surface area contributed by atoms with Gasteiger partial charge in [0.15, 0.2) is 0 Å².